The average molecular weight is 611 g/mol. The smallest absolute Gasteiger partial charge is 0.408 e. The summed E-state index contributed by atoms with van der Waals surface area (Å²) >= 11 is 0. The van der Waals surface area contributed by atoms with Gasteiger partial charge in [0, 0.05) is 6.42 Å². The summed E-state index contributed by atoms with van der Waals surface area (Å²) in [4.78, 5) is 54.0. The Morgan fingerprint density at radius 1 is 1.02 bits per heavy atom. The summed E-state index contributed by atoms with van der Waals surface area (Å²) in [5.74, 6) is -1.13. The summed E-state index contributed by atoms with van der Waals surface area (Å²) < 4.78 is 17.4. The highest BCUT2D eigenvalue weighted by Crippen LogP contribution is 2.38. The number of allylic oxidation sites excluding steroid dienone is 2. The quantitative estimate of drug-likeness (QED) is 0.246. The second kappa shape index (κ2) is 15.5. The molecule has 0 spiro atoms. The molecule has 2 heterocycles. The molecule has 5 atom stereocenters. The molecule has 3 N–H and O–H groups in total. The lowest BCUT2D eigenvalue weighted by Gasteiger charge is -2.37. The highest BCUT2D eigenvalue weighted by molar-refractivity contribution is 6.74. The third-order valence-corrected chi connectivity index (χ3v) is 12.8. The summed E-state index contributed by atoms with van der Waals surface area (Å²) in [7, 11) is -2.20. The molecule has 1 fully saturated rings. The fourth-order valence-corrected chi connectivity index (χ4v) is 6.46. The number of amides is 3. The largest absolute Gasteiger partial charge is 0.464 e. The molecule has 2 rings (SSSR count). The number of ether oxygens (including phenoxy) is 2. The van der Waals surface area contributed by atoms with E-state index in [1.807, 2.05) is 6.08 Å². The van der Waals surface area contributed by atoms with E-state index in [0.29, 0.717) is 37.1 Å². The first-order chi connectivity index (χ1) is 19.4. The molecule has 0 aromatic rings. The Hall–Kier alpha value is -2.24. The van der Waals surface area contributed by atoms with Crippen LogP contribution in [-0.2, 0) is 28.3 Å². The Morgan fingerprint density at radius 3 is 2.31 bits per heavy atom. The molecule has 2 aliphatic rings. The second-order valence-corrected chi connectivity index (χ2v) is 18.8. The van der Waals surface area contributed by atoms with Gasteiger partial charge in [0.25, 0.3) is 5.91 Å². The minimum Gasteiger partial charge on any atom is -0.464 e. The molecule has 0 aliphatic carbocycles. The van der Waals surface area contributed by atoms with Gasteiger partial charge >= 0.3 is 18.0 Å². The molecule has 11 heteroatoms. The van der Waals surface area contributed by atoms with Gasteiger partial charge in [-0.15, -0.1) is 0 Å². The van der Waals surface area contributed by atoms with Crippen molar-refractivity contribution in [3.05, 3.63) is 12.2 Å². The minimum atomic E-state index is -2.20. The molecular weight excluding hydrogens is 554 g/mol. The lowest BCUT2D eigenvalue weighted by Crippen LogP contribution is -3.19. The van der Waals surface area contributed by atoms with Gasteiger partial charge in [0.2, 0.25) is 0 Å². The van der Waals surface area contributed by atoms with Crippen molar-refractivity contribution < 1.29 is 38.0 Å². The molecule has 0 aromatic carbocycles. The number of fused-ring (bicyclic) bond motifs is 1. The first-order valence-corrected chi connectivity index (χ1v) is 18.5. The van der Waals surface area contributed by atoms with Crippen molar-refractivity contribution >= 4 is 32.2 Å². The van der Waals surface area contributed by atoms with Crippen molar-refractivity contribution in [3.8, 4) is 0 Å². The van der Waals surface area contributed by atoms with E-state index in [4.69, 9.17) is 13.9 Å². The van der Waals surface area contributed by atoms with Crippen molar-refractivity contribution in [2.24, 2.45) is 0 Å². The minimum absolute atomic E-state index is 0.0485. The molecule has 0 saturated carbocycles. The Morgan fingerprint density at radius 2 is 1.69 bits per heavy atom. The van der Waals surface area contributed by atoms with E-state index in [-0.39, 0.29) is 29.6 Å². The molecule has 5 unspecified atom stereocenters. The van der Waals surface area contributed by atoms with Gasteiger partial charge in [-0.2, -0.15) is 0 Å². The zero-order chi connectivity index (χ0) is 31.7. The topological polar surface area (TPSA) is 124 Å². The summed E-state index contributed by atoms with van der Waals surface area (Å²) in [5.41, 5.74) is -0.717. The van der Waals surface area contributed by atoms with Gasteiger partial charge in [-0.25, -0.2) is 14.4 Å². The van der Waals surface area contributed by atoms with Crippen molar-refractivity contribution in [1.29, 1.82) is 0 Å². The summed E-state index contributed by atoms with van der Waals surface area (Å²) in [6, 6.07) is -2.40. The van der Waals surface area contributed by atoms with E-state index in [1.54, 1.807) is 27.7 Å². The van der Waals surface area contributed by atoms with Crippen molar-refractivity contribution in [2.45, 2.75) is 148 Å². The number of hydrogen-bond acceptors (Lipinski definition) is 7. The molecule has 1 saturated heterocycles. The summed E-state index contributed by atoms with van der Waals surface area (Å²) in [6.45, 7) is 18.3. The molecule has 240 valence electrons. The Labute approximate surface area is 253 Å². The SMILES string of the molecule is CCOC(=O)C1CCC=CCCCCCC(NC(=O)OC(C)(C)C)C(=O)[NH+]2CC(O[Si](C)(C)C(C)(C)C)CC2C(=O)N1. The Bertz CT molecular complexity index is 971. The maximum Gasteiger partial charge on any atom is 0.408 e. The molecule has 2 aliphatic heterocycles. The maximum absolute atomic E-state index is 14.2. The van der Waals surface area contributed by atoms with Crippen molar-refractivity contribution in [2.75, 3.05) is 13.2 Å². The first kappa shape index (κ1) is 36.0. The monoisotopic (exact) mass is 610 g/mol. The number of carbonyl (C=O) groups is 4. The average Bonchev–Trinajstić information content (AvgIpc) is 3.26. The van der Waals surface area contributed by atoms with Crippen LogP contribution in [0.2, 0.25) is 18.1 Å². The molecule has 3 amide bonds. The number of hydrogen-bond donors (Lipinski definition) is 3. The van der Waals surface area contributed by atoms with Crippen molar-refractivity contribution in [1.82, 2.24) is 10.6 Å². The van der Waals surface area contributed by atoms with E-state index in [2.05, 4.69) is 50.6 Å². The van der Waals surface area contributed by atoms with Crippen molar-refractivity contribution in [3.63, 3.8) is 0 Å². The lowest BCUT2D eigenvalue weighted by atomic mass is 10.0. The Kier molecular flexibility index (Phi) is 13.2. The third-order valence-electron chi connectivity index (χ3n) is 8.31. The number of esters is 1. The molecule has 10 nitrogen and oxygen atoms in total. The molecule has 0 aromatic heterocycles. The second-order valence-electron chi connectivity index (χ2n) is 14.1. The zero-order valence-corrected chi connectivity index (χ0v) is 28.4. The molecule has 0 radical (unpaired) electrons. The van der Waals surface area contributed by atoms with Gasteiger partial charge in [0.15, 0.2) is 14.4 Å². The number of alkyl carbamates (subject to hydrolysis) is 1. The normalized spacial score (nSPS) is 27.1. The number of carbonyl (C=O) groups excluding carboxylic acids is 4. The fourth-order valence-electron chi connectivity index (χ4n) is 5.09. The van der Waals surface area contributed by atoms with Gasteiger partial charge in [-0.3, -0.25) is 9.69 Å². The first-order valence-electron chi connectivity index (χ1n) is 15.6. The van der Waals surface area contributed by atoms with E-state index in [1.165, 1.54) is 0 Å². The maximum atomic E-state index is 14.2. The van der Waals surface area contributed by atoms with Crippen LogP contribution >= 0.6 is 0 Å². The van der Waals surface area contributed by atoms with Gasteiger partial charge in [0.1, 0.15) is 30.3 Å². The van der Waals surface area contributed by atoms with Gasteiger partial charge < -0.3 is 24.5 Å². The summed E-state index contributed by atoms with van der Waals surface area (Å²) in [6.07, 6.45) is 8.44. The number of nitrogens with one attached hydrogen (secondary N) is 3. The third kappa shape index (κ3) is 11.1. The standard InChI is InChI=1S/C31H55N3O7Si/c1-10-39-28(37)24-19-17-15-13-11-12-14-16-18-23(33-29(38)40-30(2,3)4)27(36)34-21-22(20-25(34)26(35)32-24)41-42(8,9)31(5,6)7/h13,15,22-25H,10-12,14,16-21H2,1-9H3,(H,32,35)(H,33,38)/p+1. The fraction of sp³-hybridized carbons (Fsp3) is 0.806. The predicted molar refractivity (Wildman–Crippen MR) is 164 cm³/mol. The van der Waals surface area contributed by atoms with Crippen LogP contribution in [0.4, 0.5) is 4.79 Å². The van der Waals surface area contributed by atoms with E-state index < -0.39 is 44.1 Å². The highest BCUT2D eigenvalue weighted by Gasteiger charge is 2.51. The Balaban J connectivity index is 2.43. The molecule has 0 bridgehead atoms. The van der Waals surface area contributed by atoms with Crippen LogP contribution < -0.4 is 15.5 Å². The highest BCUT2D eigenvalue weighted by atomic mass is 28.4. The van der Waals surface area contributed by atoms with Crippen LogP contribution in [0.5, 0.6) is 0 Å². The lowest BCUT2D eigenvalue weighted by molar-refractivity contribution is -0.825. The van der Waals surface area contributed by atoms with Gasteiger partial charge in [0.05, 0.1) is 6.61 Å². The van der Waals surface area contributed by atoms with Crippen LogP contribution in [0, 0.1) is 0 Å². The van der Waals surface area contributed by atoms with Gasteiger partial charge in [-0.05, 0) is 77.9 Å². The van der Waals surface area contributed by atoms with Crippen LogP contribution in [-0.4, -0.2) is 75.2 Å². The van der Waals surface area contributed by atoms with Crippen LogP contribution in [0.25, 0.3) is 0 Å². The van der Waals surface area contributed by atoms with E-state index in [0.717, 1.165) is 25.7 Å². The predicted octanol–water partition coefficient (Wildman–Crippen LogP) is 3.80. The molecular formula is C31H56N3O7Si+. The van der Waals surface area contributed by atoms with Crippen LogP contribution in [0.1, 0.15) is 99.8 Å². The van der Waals surface area contributed by atoms with E-state index >= 15 is 0 Å². The van der Waals surface area contributed by atoms with E-state index in [9.17, 15) is 19.2 Å². The van der Waals surface area contributed by atoms with Crippen LogP contribution in [0.15, 0.2) is 12.2 Å². The number of rotatable bonds is 5. The zero-order valence-electron chi connectivity index (χ0n) is 27.4. The van der Waals surface area contributed by atoms with Gasteiger partial charge in [-0.1, -0.05) is 45.8 Å². The molecule has 42 heavy (non-hydrogen) atoms. The summed E-state index contributed by atoms with van der Waals surface area (Å²) in [5, 5.41) is 5.65. The number of quaternary nitrogens is 1. The van der Waals surface area contributed by atoms with Crippen LogP contribution in [0.3, 0.4) is 0 Å².